The number of ether oxygens (including phenoxy) is 2. The molecule has 4 atom stereocenters. The van der Waals surface area contributed by atoms with Crippen molar-refractivity contribution in [1.29, 1.82) is 0 Å². The van der Waals surface area contributed by atoms with Crippen LogP contribution in [0.15, 0.2) is 12.2 Å². The SMILES string of the molecule is CCCCCCCCCCCCCCCCCCOCC(COP(=O)(O)OCCN)OC(=O)CCCCCCC/C=C\CC(O)C(O)CCCCC. The Bertz CT molecular complexity index is 847. The maximum absolute atomic E-state index is 12.6. The van der Waals surface area contributed by atoms with Gasteiger partial charge in [-0.25, -0.2) is 4.57 Å². The summed E-state index contributed by atoms with van der Waals surface area (Å²) in [7, 11) is -4.30. The molecule has 0 aliphatic carbocycles. The quantitative estimate of drug-likeness (QED) is 0.0204. The van der Waals surface area contributed by atoms with Gasteiger partial charge in [0.2, 0.25) is 0 Å². The van der Waals surface area contributed by atoms with Gasteiger partial charge in [0, 0.05) is 19.6 Å². The molecule has 0 bridgehead atoms. The van der Waals surface area contributed by atoms with Gasteiger partial charge in [-0.1, -0.05) is 161 Å². The Kier molecular flexibility index (Phi) is 37.8. The third-order valence-corrected chi connectivity index (χ3v) is 10.4. The molecule has 0 aromatic rings. The number of aliphatic hydroxyl groups excluding tert-OH is 2. The molecule has 0 aromatic heterocycles. The van der Waals surface area contributed by atoms with Crippen molar-refractivity contribution in [2.75, 3.05) is 33.0 Å². The van der Waals surface area contributed by atoms with Crippen LogP contribution in [0.4, 0.5) is 0 Å². The molecular weight excluding hydrogens is 681 g/mol. The number of allylic oxidation sites excluding steroid dienone is 1. The van der Waals surface area contributed by atoms with Crippen LogP contribution in [0.3, 0.4) is 0 Å². The first-order chi connectivity index (χ1) is 25.3. The normalized spacial score (nSPS) is 14.8. The molecular formula is C41H82NO9P. The van der Waals surface area contributed by atoms with Crippen molar-refractivity contribution < 1.29 is 43.0 Å². The maximum Gasteiger partial charge on any atom is 0.472 e. The molecule has 0 aliphatic heterocycles. The number of carbonyl (C=O) groups is 1. The monoisotopic (exact) mass is 764 g/mol. The number of rotatable bonds is 41. The minimum Gasteiger partial charge on any atom is -0.457 e. The van der Waals surface area contributed by atoms with Crippen molar-refractivity contribution in [3.63, 3.8) is 0 Å². The second-order valence-corrected chi connectivity index (χ2v) is 16.0. The number of aliphatic hydroxyl groups is 2. The molecule has 5 N–H and O–H groups in total. The highest BCUT2D eigenvalue weighted by atomic mass is 31.2. The molecule has 52 heavy (non-hydrogen) atoms. The minimum absolute atomic E-state index is 0.0832. The van der Waals surface area contributed by atoms with Gasteiger partial charge in [-0.2, -0.15) is 0 Å². The third-order valence-electron chi connectivity index (χ3n) is 9.38. The summed E-state index contributed by atoms with van der Waals surface area (Å²) in [5.41, 5.74) is 5.36. The average molecular weight is 764 g/mol. The van der Waals surface area contributed by atoms with Gasteiger partial charge in [-0.05, 0) is 38.5 Å². The second kappa shape index (κ2) is 38.4. The molecule has 11 heteroatoms. The lowest BCUT2D eigenvalue weighted by Crippen LogP contribution is -2.28. The molecule has 0 rings (SSSR count). The average Bonchev–Trinajstić information content (AvgIpc) is 3.13. The van der Waals surface area contributed by atoms with Gasteiger partial charge in [-0.15, -0.1) is 0 Å². The van der Waals surface area contributed by atoms with Crippen molar-refractivity contribution in [1.82, 2.24) is 0 Å². The summed E-state index contributed by atoms with van der Waals surface area (Å²) in [6, 6.07) is 0. The molecule has 0 aliphatic rings. The molecule has 0 aromatic carbocycles. The van der Waals surface area contributed by atoms with Gasteiger partial charge in [0.1, 0.15) is 6.10 Å². The summed E-state index contributed by atoms with van der Waals surface area (Å²) < 4.78 is 33.3. The third kappa shape index (κ3) is 36.2. The van der Waals surface area contributed by atoms with E-state index in [1.165, 1.54) is 89.9 Å². The van der Waals surface area contributed by atoms with Crippen LogP contribution in [0.5, 0.6) is 0 Å². The standard InChI is InChI=1S/C41H82NO9P/c1-3-5-7-8-9-10-11-12-13-14-15-16-19-22-25-29-34-48-36-38(37-50-52(46,47)49-35-33-42)51-41(45)32-28-24-21-18-17-20-23-27-31-40(44)39(43)30-26-6-4-2/h23,27,38-40,43-44H,3-22,24-26,28-37,42H2,1-2H3,(H,46,47)/b27-23-. The molecule has 0 heterocycles. The Balaban J connectivity index is 4.11. The number of phosphoric ester groups is 1. The van der Waals surface area contributed by atoms with Crippen molar-refractivity contribution in [2.45, 2.75) is 212 Å². The van der Waals surface area contributed by atoms with Crippen LogP contribution in [0.1, 0.15) is 194 Å². The van der Waals surface area contributed by atoms with E-state index in [0.29, 0.717) is 25.9 Å². The number of nitrogens with two attached hydrogens (primary N) is 1. The molecule has 310 valence electrons. The van der Waals surface area contributed by atoms with Crippen LogP contribution in [0.25, 0.3) is 0 Å². The van der Waals surface area contributed by atoms with Gasteiger partial charge < -0.3 is 30.3 Å². The van der Waals surface area contributed by atoms with E-state index in [0.717, 1.165) is 64.2 Å². The van der Waals surface area contributed by atoms with Crippen LogP contribution in [-0.4, -0.2) is 72.4 Å². The molecule has 0 spiro atoms. The van der Waals surface area contributed by atoms with Gasteiger partial charge in [-0.3, -0.25) is 13.8 Å². The minimum atomic E-state index is -4.30. The highest BCUT2D eigenvalue weighted by molar-refractivity contribution is 7.47. The van der Waals surface area contributed by atoms with E-state index in [4.69, 9.17) is 24.3 Å². The largest absolute Gasteiger partial charge is 0.472 e. The summed E-state index contributed by atoms with van der Waals surface area (Å²) in [6.45, 7) is 4.67. The van der Waals surface area contributed by atoms with Crippen molar-refractivity contribution >= 4 is 13.8 Å². The topological polar surface area (TPSA) is 158 Å². The van der Waals surface area contributed by atoms with Crippen LogP contribution >= 0.6 is 7.82 Å². The molecule has 0 saturated heterocycles. The maximum atomic E-state index is 12.6. The summed E-state index contributed by atoms with van der Waals surface area (Å²) >= 11 is 0. The van der Waals surface area contributed by atoms with Crippen molar-refractivity contribution in [2.24, 2.45) is 5.73 Å². The first kappa shape index (κ1) is 51.2. The Labute approximate surface area is 319 Å². The molecule has 0 radical (unpaired) electrons. The fourth-order valence-corrected chi connectivity index (χ4v) is 6.84. The summed E-state index contributed by atoms with van der Waals surface area (Å²) in [5, 5.41) is 20.1. The predicted molar refractivity (Wildman–Crippen MR) is 213 cm³/mol. The molecule has 0 saturated carbocycles. The molecule has 0 amide bonds. The van der Waals surface area contributed by atoms with E-state index in [1.54, 1.807) is 0 Å². The smallest absolute Gasteiger partial charge is 0.457 e. The Hall–Kier alpha value is -0.840. The number of unbranched alkanes of at least 4 members (excludes halogenated alkanes) is 22. The van der Waals surface area contributed by atoms with E-state index in [2.05, 4.69) is 19.9 Å². The Morgan fingerprint density at radius 2 is 1.15 bits per heavy atom. The number of phosphoric acid groups is 1. The zero-order valence-electron chi connectivity index (χ0n) is 33.5. The first-order valence-electron chi connectivity index (χ1n) is 21.4. The van der Waals surface area contributed by atoms with E-state index >= 15 is 0 Å². The zero-order valence-corrected chi connectivity index (χ0v) is 34.4. The first-order valence-corrected chi connectivity index (χ1v) is 22.9. The van der Waals surface area contributed by atoms with Crippen molar-refractivity contribution in [3.05, 3.63) is 12.2 Å². The number of carbonyl (C=O) groups excluding carboxylic acids is 1. The number of hydrogen-bond donors (Lipinski definition) is 4. The predicted octanol–water partition coefficient (Wildman–Crippen LogP) is 10.2. The van der Waals surface area contributed by atoms with Crippen LogP contribution in [0.2, 0.25) is 0 Å². The van der Waals surface area contributed by atoms with Crippen LogP contribution < -0.4 is 5.73 Å². The highest BCUT2D eigenvalue weighted by Crippen LogP contribution is 2.43. The van der Waals surface area contributed by atoms with Crippen LogP contribution in [0, 0.1) is 0 Å². The zero-order chi connectivity index (χ0) is 38.4. The van der Waals surface area contributed by atoms with Gasteiger partial charge in [0.25, 0.3) is 0 Å². The van der Waals surface area contributed by atoms with E-state index in [-0.39, 0.29) is 38.8 Å². The lowest BCUT2D eigenvalue weighted by molar-refractivity contribution is -0.154. The van der Waals surface area contributed by atoms with Gasteiger partial charge in [0.15, 0.2) is 0 Å². The van der Waals surface area contributed by atoms with E-state index in [1.807, 2.05) is 6.08 Å². The Morgan fingerprint density at radius 3 is 1.73 bits per heavy atom. The van der Waals surface area contributed by atoms with Crippen LogP contribution in [-0.2, 0) is 27.9 Å². The lowest BCUT2D eigenvalue weighted by atomic mass is 10.0. The lowest BCUT2D eigenvalue weighted by Gasteiger charge is -2.20. The fourth-order valence-electron chi connectivity index (χ4n) is 6.08. The van der Waals surface area contributed by atoms with E-state index < -0.39 is 26.1 Å². The molecule has 10 nitrogen and oxygen atoms in total. The van der Waals surface area contributed by atoms with E-state index in [9.17, 15) is 24.5 Å². The molecule has 0 fully saturated rings. The highest BCUT2D eigenvalue weighted by Gasteiger charge is 2.25. The van der Waals surface area contributed by atoms with Crippen molar-refractivity contribution in [3.8, 4) is 0 Å². The summed E-state index contributed by atoms with van der Waals surface area (Å²) in [5.74, 6) is -0.381. The summed E-state index contributed by atoms with van der Waals surface area (Å²) in [6.07, 6.45) is 32.8. The van der Waals surface area contributed by atoms with Gasteiger partial charge >= 0.3 is 13.8 Å². The van der Waals surface area contributed by atoms with Gasteiger partial charge in [0.05, 0.1) is 32.0 Å². The summed E-state index contributed by atoms with van der Waals surface area (Å²) in [4.78, 5) is 22.4. The molecule has 4 unspecified atom stereocenters. The number of esters is 1. The number of hydrogen-bond acceptors (Lipinski definition) is 9. The second-order valence-electron chi connectivity index (χ2n) is 14.5. The fraction of sp³-hybridized carbons (Fsp3) is 0.927. The Morgan fingerprint density at radius 1 is 0.635 bits per heavy atom.